The van der Waals surface area contributed by atoms with Gasteiger partial charge in [0.2, 0.25) is 11.8 Å². The van der Waals surface area contributed by atoms with E-state index in [1.807, 2.05) is 12.1 Å². The number of ether oxygens (including phenoxy) is 2. The van der Waals surface area contributed by atoms with Crippen LogP contribution in [0, 0.1) is 17.8 Å². The highest BCUT2D eigenvalue weighted by Gasteiger charge is 2.40. The van der Waals surface area contributed by atoms with Crippen LogP contribution in [0.2, 0.25) is 0 Å². The predicted molar refractivity (Wildman–Crippen MR) is 216 cm³/mol. The Bertz CT molecular complexity index is 2670. The Morgan fingerprint density at radius 1 is 1.07 bits per heavy atom. The zero-order valence-electron chi connectivity index (χ0n) is 33.5. The molecule has 4 saturated heterocycles. The average Bonchev–Trinajstić information content (AvgIpc) is 4.11. The highest BCUT2D eigenvalue weighted by atomic mass is 19.3. The van der Waals surface area contributed by atoms with Crippen LogP contribution in [0.25, 0.3) is 16.7 Å². The maximum absolute atomic E-state index is 14.3. The number of halogens is 2. The Morgan fingerprint density at radius 2 is 1.92 bits per heavy atom. The van der Waals surface area contributed by atoms with Crippen LogP contribution in [0.5, 0.6) is 0 Å². The first kappa shape index (κ1) is 39.2. The summed E-state index contributed by atoms with van der Waals surface area (Å²) in [5.41, 5.74) is 1.49. The number of carbonyl (C=O) groups excluding carboxylic acids is 3. The fraction of sp³-hybridized carbons (Fsp3) is 0.500. The Kier molecular flexibility index (Phi) is 10.2. The van der Waals surface area contributed by atoms with Gasteiger partial charge in [0.15, 0.2) is 11.3 Å². The minimum Gasteiger partial charge on any atom is -0.374 e. The highest BCUT2D eigenvalue weighted by Crippen LogP contribution is 2.36. The smallest absolute Gasteiger partial charge is 0.329 e. The number of para-hydroxylation sites is 1. The molecule has 1 saturated carbocycles. The summed E-state index contributed by atoms with van der Waals surface area (Å²) in [6.45, 7) is 4.09. The number of fused-ring (bicyclic) bond motifs is 4. The van der Waals surface area contributed by atoms with Gasteiger partial charge in [-0.05, 0) is 62.6 Å². The summed E-state index contributed by atoms with van der Waals surface area (Å²) >= 11 is 0. The van der Waals surface area contributed by atoms with E-state index in [1.54, 1.807) is 30.1 Å². The monoisotopic (exact) mass is 837 g/mol. The first-order chi connectivity index (χ1) is 29.6. The molecule has 0 radical (unpaired) electrons. The minimum atomic E-state index is -2.88. The van der Waals surface area contributed by atoms with Crippen molar-refractivity contribution < 1.29 is 32.6 Å². The number of hydrogen-bond donors (Lipinski definition) is 2. The lowest BCUT2D eigenvalue weighted by Gasteiger charge is -2.36. The van der Waals surface area contributed by atoms with Gasteiger partial charge in [-0.3, -0.25) is 38.4 Å². The summed E-state index contributed by atoms with van der Waals surface area (Å²) in [6, 6.07) is 6.64. The van der Waals surface area contributed by atoms with Crippen LogP contribution in [-0.2, 0) is 26.1 Å². The number of carbonyl (C=O) groups is 3. The van der Waals surface area contributed by atoms with E-state index in [4.69, 9.17) is 14.5 Å². The van der Waals surface area contributed by atoms with E-state index in [0.29, 0.717) is 47.9 Å². The average molecular weight is 838 g/mol. The summed E-state index contributed by atoms with van der Waals surface area (Å²) in [7, 11) is 1.65. The summed E-state index contributed by atoms with van der Waals surface area (Å²) in [6.07, 6.45) is 6.20. The van der Waals surface area contributed by atoms with Gasteiger partial charge in [-0.15, -0.1) is 0 Å². The standard InChI is InChI=1S/C42H45F2N11O6/c1-50-37-25(3-2-4-32(37)55(42(50)59)33-11-12-35(56)48-41(33)58)7-10-28-20-51(15-16-60-28)19-24-5-8-26(9-6-24)54-22-31(36(49-54)38(43)44)46-40(57)30-18-45-53-14-13-34(47-39(30)53)52-21-29-17-27(52)23-61-29/h2-4,13-14,18,22,24,26-29,33,38H,5-6,8-9,11-12,15-17,19-21,23H2,1H3,(H,46,57)(H,48,56,58)/t24?,26?,27-,28?,29-,33?/m1/s1. The number of rotatable bonds is 8. The number of imidazole rings is 1. The van der Waals surface area contributed by atoms with Crippen LogP contribution in [0.15, 0.2) is 47.7 Å². The van der Waals surface area contributed by atoms with Crippen molar-refractivity contribution in [2.45, 2.75) is 81.7 Å². The van der Waals surface area contributed by atoms with Crippen molar-refractivity contribution in [3.05, 3.63) is 70.2 Å². The molecule has 10 rings (SSSR count). The molecule has 4 aliphatic heterocycles. The Balaban J connectivity index is 0.768. The number of aromatic nitrogens is 7. The topological polar surface area (TPSA) is 175 Å². The fourth-order valence-electron chi connectivity index (χ4n) is 9.74. The minimum absolute atomic E-state index is 0.0301. The third-order valence-electron chi connectivity index (χ3n) is 12.9. The van der Waals surface area contributed by atoms with Crippen molar-refractivity contribution in [3.63, 3.8) is 0 Å². The van der Waals surface area contributed by atoms with Gasteiger partial charge >= 0.3 is 5.69 Å². The quantitative estimate of drug-likeness (QED) is 0.174. The summed E-state index contributed by atoms with van der Waals surface area (Å²) in [4.78, 5) is 60.6. The molecule has 318 valence electrons. The molecule has 8 heterocycles. The molecule has 4 atom stereocenters. The highest BCUT2D eigenvalue weighted by molar-refractivity contribution is 6.08. The lowest BCUT2D eigenvalue weighted by atomic mass is 9.85. The van der Waals surface area contributed by atoms with E-state index in [-0.39, 0.29) is 60.0 Å². The Hall–Kier alpha value is -5.97. The third-order valence-corrected chi connectivity index (χ3v) is 12.9. The molecular formula is C42H45F2N11O6. The molecule has 2 unspecified atom stereocenters. The second-order valence-corrected chi connectivity index (χ2v) is 16.7. The van der Waals surface area contributed by atoms with Crippen LogP contribution in [0.4, 0.5) is 20.3 Å². The summed E-state index contributed by atoms with van der Waals surface area (Å²) in [5, 5.41) is 13.6. The van der Waals surface area contributed by atoms with Crippen molar-refractivity contribution in [3.8, 4) is 11.8 Å². The number of piperidine rings is 1. The van der Waals surface area contributed by atoms with Crippen LogP contribution in [-0.4, -0.2) is 114 Å². The van der Waals surface area contributed by atoms with Crippen LogP contribution < -0.4 is 21.2 Å². The number of hydrogen-bond acceptors (Lipinski definition) is 11. The second kappa shape index (κ2) is 15.8. The molecule has 5 aromatic rings. The fourth-order valence-corrected chi connectivity index (χ4v) is 9.74. The molecule has 1 aliphatic carbocycles. The van der Waals surface area contributed by atoms with Crippen molar-refractivity contribution in [2.24, 2.45) is 13.0 Å². The molecule has 5 aliphatic rings. The lowest BCUT2D eigenvalue weighted by Crippen LogP contribution is -2.44. The maximum atomic E-state index is 14.3. The molecule has 19 heteroatoms. The molecule has 4 aromatic heterocycles. The zero-order valence-corrected chi connectivity index (χ0v) is 33.5. The number of imide groups is 1. The third kappa shape index (κ3) is 7.35. The van der Waals surface area contributed by atoms with Crippen molar-refractivity contribution >= 4 is 45.9 Å². The number of nitrogens with one attached hydrogen (secondary N) is 2. The Morgan fingerprint density at radius 3 is 2.69 bits per heavy atom. The number of benzene rings is 1. The van der Waals surface area contributed by atoms with E-state index in [0.717, 1.165) is 57.6 Å². The molecule has 5 fully saturated rings. The van der Waals surface area contributed by atoms with Gasteiger partial charge < -0.3 is 19.7 Å². The number of aryl methyl sites for hydroxylation is 1. The molecular weight excluding hydrogens is 793 g/mol. The van der Waals surface area contributed by atoms with Crippen molar-refractivity contribution in [2.75, 3.05) is 49.6 Å². The van der Waals surface area contributed by atoms with Crippen LogP contribution in [0.1, 0.15) is 85.1 Å². The largest absolute Gasteiger partial charge is 0.374 e. The lowest BCUT2D eigenvalue weighted by molar-refractivity contribution is -0.135. The van der Waals surface area contributed by atoms with E-state index in [9.17, 15) is 28.0 Å². The van der Waals surface area contributed by atoms with Gasteiger partial charge in [-0.25, -0.2) is 23.1 Å². The first-order valence-corrected chi connectivity index (χ1v) is 20.9. The molecule has 3 amide bonds. The van der Waals surface area contributed by atoms with Gasteiger partial charge in [0, 0.05) is 52.0 Å². The first-order valence-electron chi connectivity index (χ1n) is 20.9. The van der Waals surface area contributed by atoms with E-state index in [2.05, 4.69) is 42.5 Å². The van der Waals surface area contributed by atoms with Gasteiger partial charge in [-0.2, -0.15) is 10.2 Å². The normalized spacial score (nSPS) is 25.7. The van der Waals surface area contributed by atoms with Gasteiger partial charge in [0.1, 0.15) is 23.5 Å². The second-order valence-electron chi connectivity index (χ2n) is 16.7. The van der Waals surface area contributed by atoms with Gasteiger partial charge in [0.25, 0.3) is 12.3 Å². The number of alkyl halides is 2. The molecule has 0 spiro atoms. The van der Waals surface area contributed by atoms with Crippen molar-refractivity contribution in [1.29, 1.82) is 0 Å². The van der Waals surface area contributed by atoms with Gasteiger partial charge in [0.05, 0.1) is 59.9 Å². The van der Waals surface area contributed by atoms with Crippen molar-refractivity contribution in [1.82, 2.24) is 43.7 Å². The number of amides is 3. The number of anilines is 2. The predicted octanol–water partition coefficient (Wildman–Crippen LogP) is 3.21. The molecule has 61 heavy (non-hydrogen) atoms. The SMILES string of the molecule is Cn1c(=O)n(C2CCC(=O)NC2=O)c2cccc(C#CC3CN(CC4CCC(n5cc(NC(=O)c6cnn7ccc(N8C[C@H]9C[C@@H]8CO9)nc67)c(C(F)F)n5)CC4)CCO3)c21. The van der Waals surface area contributed by atoms with E-state index < -0.39 is 30.0 Å². The van der Waals surface area contributed by atoms with Crippen LogP contribution >= 0.6 is 0 Å². The van der Waals surface area contributed by atoms with E-state index >= 15 is 0 Å². The molecule has 1 aromatic carbocycles. The van der Waals surface area contributed by atoms with E-state index in [1.165, 1.54) is 26.0 Å². The Labute approximate surface area is 347 Å². The maximum Gasteiger partial charge on any atom is 0.329 e. The zero-order chi connectivity index (χ0) is 41.9. The van der Waals surface area contributed by atoms with Gasteiger partial charge in [-0.1, -0.05) is 17.9 Å². The van der Waals surface area contributed by atoms with Crippen LogP contribution in [0.3, 0.4) is 0 Å². The molecule has 2 N–H and O–H groups in total. The summed E-state index contributed by atoms with van der Waals surface area (Å²) < 4.78 is 46.4. The molecule has 2 bridgehead atoms. The number of nitrogens with zero attached hydrogens (tertiary/aromatic N) is 9. The number of morpholine rings is 2. The summed E-state index contributed by atoms with van der Waals surface area (Å²) in [5.74, 6) is 6.19. The molecule has 17 nitrogen and oxygen atoms in total.